The number of likely N-dealkylation sites (N-methyl/N-ethyl adjacent to an activating group) is 1. The lowest BCUT2D eigenvalue weighted by Gasteiger charge is -2.22. The second-order valence-electron chi connectivity index (χ2n) is 7.19. The SMILES string of the molecule is CCN(CC(=O)Nc1cc(Cl)ccc1Oc1ccccc1)S(=O)(=O)c1cc(C)ccc1OC. The summed E-state index contributed by atoms with van der Waals surface area (Å²) in [6, 6.07) is 18.8. The van der Waals surface area contributed by atoms with Crippen LogP contribution in [0.2, 0.25) is 5.02 Å². The van der Waals surface area contributed by atoms with Gasteiger partial charge < -0.3 is 14.8 Å². The Kier molecular flexibility index (Phi) is 7.97. The minimum Gasteiger partial charge on any atom is -0.495 e. The third-order valence-electron chi connectivity index (χ3n) is 4.80. The molecule has 3 aromatic carbocycles. The molecule has 0 radical (unpaired) electrons. The summed E-state index contributed by atoms with van der Waals surface area (Å²) in [5.74, 6) is 0.643. The second-order valence-corrected chi connectivity index (χ2v) is 9.53. The lowest BCUT2D eigenvalue weighted by molar-refractivity contribution is -0.116. The van der Waals surface area contributed by atoms with Gasteiger partial charge in [-0.05, 0) is 55.0 Å². The Labute approximate surface area is 198 Å². The summed E-state index contributed by atoms with van der Waals surface area (Å²) >= 11 is 6.11. The lowest BCUT2D eigenvalue weighted by atomic mass is 10.2. The number of hydrogen-bond donors (Lipinski definition) is 1. The molecule has 0 aliphatic rings. The standard InChI is InChI=1S/C24H25ClN2O5S/c1-4-27(33(29,30)23-14-17(2)10-12-22(23)31-3)16-24(28)26-20-15-18(25)11-13-21(20)32-19-8-6-5-7-9-19/h5-15H,4,16H2,1-3H3,(H,26,28). The number of halogens is 1. The molecule has 0 bridgehead atoms. The Hall–Kier alpha value is -3.07. The number of benzene rings is 3. The van der Waals surface area contributed by atoms with Gasteiger partial charge in [0.25, 0.3) is 0 Å². The molecule has 3 aromatic rings. The molecule has 0 saturated heterocycles. The Morgan fingerprint density at radius 2 is 1.73 bits per heavy atom. The van der Waals surface area contributed by atoms with Crippen LogP contribution in [0.25, 0.3) is 0 Å². The van der Waals surface area contributed by atoms with Crippen LogP contribution in [0.15, 0.2) is 71.6 Å². The fraction of sp³-hybridized carbons (Fsp3) is 0.208. The van der Waals surface area contributed by atoms with Gasteiger partial charge >= 0.3 is 0 Å². The molecular formula is C24H25ClN2O5S. The van der Waals surface area contributed by atoms with E-state index in [-0.39, 0.29) is 17.2 Å². The molecule has 0 atom stereocenters. The number of sulfonamides is 1. The fourth-order valence-electron chi connectivity index (χ4n) is 3.15. The van der Waals surface area contributed by atoms with Crippen LogP contribution in [0.4, 0.5) is 5.69 Å². The van der Waals surface area contributed by atoms with E-state index in [4.69, 9.17) is 21.1 Å². The molecule has 1 N–H and O–H groups in total. The van der Waals surface area contributed by atoms with E-state index in [0.717, 1.165) is 9.87 Å². The number of ether oxygens (including phenoxy) is 2. The van der Waals surface area contributed by atoms with Crippen molar-refractivity contribution in [2.24, 2.45) is 0 Å². The largest absolute Gasteiger partial charge is 0.495 e. The number of carbonyl (C=O) groups excluding carboxylic acids is 1. The highest BCUT2D eigenvalue weighted by atomic mass is 35.5. The van der Waals surface area contributed by atoms with Crippen molar-refractivity contribution in [3.63, 3.8) is 0 Å². The zero-order valence-corrected chi connectivity index (χ0v) is 20.1. The lowest BCUT2D eigenvalue weighted by Crippen LogP contribution is -2.38. The van der Waals surface area contributed by atoms with Gasteiger partial charge in [-0.25, -0.2) is 8.42 Å². The summed E-state index contributed by atoms with van der Waals surface area (Å²) in [4.78, 5) is 12.9. The quantitative estimate of drug-likeness (QED) is 0.453. The number of hydrogen-bond acceptors (Lipinski definition) is 5. The summed E-state index contributed by atoms with van der Waals surface area (Å²) in [6.07, 6.45) is 0. The average Bonchev–Trinajstić information content (AvgIpc) is 2.79. The van der Waals surface area contributed by atoms with Crippen LogP contribution < -0.4 is 14.8 Å². The Morgan fingerprint density at radius 1 is 1.03 bits per heavy atom. The summed E-state index contributed by atoms with van der Waals surface area (Å²) in [6.45, 7) is 3.15. The van der Waals surface area contributed by atoms with Crippen LogP contribution in [-0.2, 0) is 14.8 Å². The first-order valence-electron chi connectivity index (χ1n) is 10.2. The molecule has 0 aliphatic carbocycles. The zero-order valence-electron chi connectivity index (χ0n) is 18.5. The molecule has 0 aromatic heterocycles. The van der Waals surface area contributed by atoms with Crippen LogP contribution in [-0.4, -0.2) is 38.8 Å². The summed E-state index contributed by atoms with van der Waals surface area (Å²) in [5.41, 5.74) is 1.09. The number of aryl methyl sites for hydroxylation is 1. The Morgan fingerprint density at radius 3 is 2.39 bits per heavy atom. The molecule has 1 amide bonds. The smallest absolute Gasteiger partial charge is 0.247 e. The zero-order chi connectivity index (χ0) is 24.0. The average molecular weight is 489 g/mol. The van der Waals surface area contributed by atoms with Gasteiger partial charge in [0.1, 0.15) is 16.4 Å². The van der Waals surface area contributed by atoms with E-state index in [2.05, 4.69) is 5.32 Å². The van der Waals surface area contributed by atoms with Crippen LogP contribution in [0, 0.1) is 6.92 Å². The van der Waals surface area contributed by atoms with Crippen LogP contribution >= 0.6 is 11.6 Å². The second kappa shape index (κ2) is 10.7. The van der Waals surface area contributed by atoms with Crippen molar-refractivity contribution in [1.82, 2.24) is 4.31 Å². The number of carbonyl (C=O) groups is 1. The number of nitrogens with zero attached hydrogens (tertiary/aromatic N) is 1. The van der Waals surface area contributed by atoms with Gasteiger partial charge in [0.15, 0.2) is 5.75 Å². The minimum atomic E-state index is -3.98. The van der Waals surface area contributed by atoms with Crippen LogP contribution in [0.1, 0.15) is 12.5 Å². The monoisotopic (exact) mass is 488 g/mol. The maximum atomic E-state index is 13.3. The van der Waals surface area contributed by atoms with Crippen molar-refractivity contribution in [2.45, 2.75) is 18.7 Å². The van der Waals surface area contributed by atoms with E-state index in [1.807, 2.05) is 18.2 Å². The van der Waals surface area contributed by atoms with Gasteiger partial charge in [0.05, 0.1) is 19.3 Å². The van der Waals surface area contributed by atoms with E-state index < -0.39 is 22.5 Å². The number of nitrogens with one attached hydrogen (secondary N) is 1. The number of amides is 1. The predicted molar refractivity (Wildman–Crippen MR) is 129 cm³/mol. The van der Waals surface area contributed by atoms with Crippen molar-refractivity contribution < 1.29 is 22.7 Å². The van der Waals surface area contributed by atoms with E-state index >= 15 is 0 Å². The number of methoxy groups -OCH3 is 1. The molecule has 3 rings (SSSR count). The van der Waals surface area contributed by atoms with Gasteiger partial charge in [-0.2, -0.15) is 4.31 Å². The molecule has 9 heteroatoms. The van der Waals surface area contributed by atoms with Crippen molar-refractivity contribution in [1.29, 1.82) is 0 Å². The summed E-state index contributed by atoms with van der Waals surface area (Å²) in [5, 5.41) is 3.11. The molecule has 0 saturated carbocycles. The van der Waals surface area contributed by atoms with E-state index in [0.29, 0.717) is 22.2 Å². The fourth-order valence-corrected chi connectivity index (χ4v) is 4.96. The highest BCUT2D eigenvalue weighted by molar-refractivity contribution is 7.89. The first-order chi connectivity index (χ1) is 15.7. The first-order valence-corrected chi connectivity index (χ1v) is 12.0. The predicted octanol–water partition coefficient (Wildman–Crippen LogP) is 5.10. The maximum absolute atomic E-state index is 13.3. The van der Waals surface area contributed by atoms with Gasteiger partial charge in [0.2, 0.25) is 15.9 Å². The number of rotatable bonds is 9. The maximum Gasteiger partial charge on any atom is 0.247 e. The Balaban J connectivity index is 1.82. The highest BCUT2D eigenvalue weighted by Crippen LogP contribution is 2.32. The molecule has 174 valence electrons. The number of para-hydroxylation sites is 1. The third-order valence-corrected chi connectivity index (χ3v) is 6.97. The van der Waals surface area contributed by atoms with Gasteiger partial charge in [-0.3, -0.25) is 4.79 Å². The molecule has 7 nitrogen and oxygen atoms in total. The van der Waals surface area contributed by atoms with Crippen molar-refractivity contribution in [3.05, 3.63) is 77.3 Å². The van der Waals surface area contributed by atoms with Crippen LogP contribution in [0.5, 0.6) is 17.2 Å². The number of anilines is 1. The molecule has 0 spiro atoms. The molecule has 33 heavy (non-hydrogen) atoms. The van der Waals surface area contributed by atoms with E-state index in [1.54, 1.807) is 56.3 Å². The van der Waals surface area contributed by atoms with Crippen molar-refractivity contribution >= 4 is 33.2 Å². The summed E-state index contributed by atoms with van der Waals surface area (Å²) < 4.78 is 38.7. The molecule has 0 heterocycles. The molecular weight excluding hydrogens is 464 g/mol. The van der Waals surface area contributed by atoms with Crippen LogP contribution in [0.3, 0.4) is 0 Å². The Bertz CT molecular complexity index is 1230. The van der Waals surface area contributed by atoms with E-state index in [1.165, 1.54) is 13.2 Å². The van der Waals surface area contributed by atoms with E-state index in [9.17, 15) is 13.2 Å². The summed E-state index contributed by atoms with van der Waals surface area (Å²) in [7, 11) is -2.58. The normalized spacial score (nSPS) is 11.3. The first kappa shape index (κ1) is 24.6. The van der Waals surface area contributed by atoms with Gasteiger partial charge in [0, 0.05) is 11.6 Å². The highest BCUT2D eigenvalue weighted by Gasteiger charge is 2.28. The molecule has 0 fully saturated rings. The van der Waals surface area contributed by atoms with Crippen molar-refractivity contribution in [3.8, 4) is 17.2 Å². The minimum absolute atomic E-state index is 0.00973. The van der Waals surface area contributed by atoms with Gasteiger partial charge in [-0.1, -0.05) is 42.8 Å². The topological polar surface area (TPSA) is 84.9 Å². The molecule has 0 unspecified atom stereocenters. The third kappa shape index (κ3) is 6.04. The van der Waals surface area contributed by atoms with Crippen molar-refractivity contribution in [2.75, 3.05) is 25.5 Å². The van der Waals surface area contributed by atoms with Gasteiger partial charge in [-0.15, -0.1) is 0 Å². The molecule has 0 aliphatic heterocycles.